The van der Waals surface area contributed by atoms with Gasteiger partial charge in [-0.3, -0.25) is 9.59 Å². The van der Waals surface area contributed by atoms with Gasteiger partial charge in [0.2, 0.25) is 5.43 Å². The van der Waals surface area contributed by atoms with Crippen LogP contribution in [0, 0.1) is 0 Å². The first-order valence-electron chi connectivity index (χ1n) is 8.75. The molecule has 3 aromatic heterocycles. The Balaban J connectivity index is 1.50. The predicted molar refractivity (Wildman–Crippen MR) is 104 cm³/mol. The topological polar surface area (TPSA) is 88.6 Å². The smallest absolute Gasteiger partial charge is 0.274 e. The maximum absolute atomic E-state index is 13.0. The molecule has 8 heteroatoms. The molecule has 0 fully saturated rings. The molecule has 4 aromatic rings. The quantitative estimate of drug-likeness (QED) is 0.578. The first-order chi connectivity index (χ1) is 13.6. The van der Waals surface area contributed by atoms with Crippen LogP contribution in [0.1, 0.15) is 16.2 Å². The normalized spacial score (nSPS) is 13.9. The third-order valence-electron chi connectivity index (χ3n) is 4.84. The Bertz CT molecular complexity index is 1220. The van der Waals surface area contributed by atoms with Crippen molar-refractivity contribution in [2.24, 2.45) is 0 Å². The van der Waals surface area contributed by atoms with E-state index < -0.39 is 17.1 Å². The number of aromatic hydroxyl groups is 1. The summed E-state index contributed by atoms with van der Waals surface area (Å²) in [5.41, 5.74) is 0.483. The second-order valence-electron chi connectivity index (χ2n) is 6.58. The van der Waals surface area contributed by atoms with Gasteiger partial charge in [-0.15, -0.1) is 11.3 Å². The van der Waals surface area contributed by atoms with E-state index in [1.165, 1.54) is 11.3 Å². The molecule has 0 spiro atoms. The van der Waals surface area contributed by atoms with Gasteiger partial charge in [-0.05, 0) is 12.1 Å². The van der Waals surface area contributed by atoms with Crippen molar-refractivity contribution in [3.63, 3.8) is 0 Å². The summed E-state index contributed by atoms with van der Waals surface area (Å²) < 4.78 is 7.43. The lowest BCUT2D eigenvalue weighted by atomic mass is 10.1. The number of carbonyl (C=O) groups is 1. The number of nitrogens with zero attached hydrogens (tertiary/aromatic N) is 3. The molecule has 0 saturated carbocycles. The van der Waals surface area contributed by atoms with Crippen molar-refractivity contribution < 1.29 is 14.3 Å². The Morgan fingerprint density at radius 1 is 1.21 bits per heavy atom. The number of thiazole rings is 1. The molecule has 1 amide bonds. The molecule has 1 aromatic carbocycles. The van der Waals surface area contributed by atoms with Gasteiger partial charge in [-0.2, -0.15) is 0 Å². The van der Waals surface area contributed by atoms with E-state index in [1.807, 2.05) is 30.3 Å². The SMILES string of the molecule is O=C1c2c(O)c(=O)c(-c3nccs3)cn2CCN1Cc1cc2ccccc2o1. The lowest BCUT2D eigenvalue weighted by Crippen LogP contribution is -2.41. The van der Waals surface area contributed by atoms with Crippen LogP contribution in [0.3, 0.4) is 0 Å². The van der Waals surface area contributed by atoms with Crippen molar-refractivity contribution in [3.8, 4) is 16.3 Å². The summed E-state index contributed by atoms with van der Waals surface area (Å²) in [6, 6.07) is 9.53. The number of carbonyl (C=O) groups excluding carboxylic acids is 1. The summed E-state index contributed by atoms with van der Waals surface area (Å²) in [6.07, 6.45) is 3.20. The van der Waals surface area contributed by atoms with E-state index in [1.54, 1.807) is 27.2 Å². The van der Waals surface area contributed by atoms with Gasteiger partial charge in [-0.25, -0.2) is 4.98 Å². The Morgan fingerprint density at radius 3 is 2.86 bits per heavy atom. The zero-order chi connectivity index (χ0) is 19.3. The molecule has 0 bridgehead atoms. The fourth-order valence-electron chi connectivity index (χ4n) is 3.49. The van der Waals surface area contributed by atoms with Gasteiger partial charge in [0.05, 0.1) is 12.1 Å². The Hall–Kier alpha value is -3.39. The van der Waals surface area contributed by atoms with E-state index in [9.17, 15) is 14.7 Å². The zero-order valence-electron chi connectivity index (χ0n) is 14.7. The number of furan rings is 1. The lowest BCUT2D eigenvalue weighted by Gasteiger charge is -2.29. The van der Waals surface area contributed by atoms with Crippen LogP contribution in [0.4, 0.5) is 0 Å². The number of rotatable bonds is 3. The molecular weight excluding hydrogens is 378 g/mol. The minimum absolute atomic E-state index is 0.00710. The van der Waals surface area contributed by atoms with Crippen molar-refractivity contribution in [2.45, 2.75) is 13.1 Å². The van der Waals surface area contributed by atoms with Gasteiger partial charge < -0.3 is 19.0 Å². The van der Waals surface area contributed by atoms with E-state index in [-0.39, 0.29) is 12.2 Å². The molecule has 140 valence electrons. The number of hydrogen-bond acceptors (Lipinski definition) is 6. The Labute approximate surface area is 163 Å². The molecule has 0 atom stereocenters. The molecule has 1 aliphatic rings. The van der Waals surface area contributed by atoms with Gasteiger partial charge in [-0.1, -0.05) is 18.2 Å². The highest BCUT2D eigenvalue weighted by atomic mass is 32.1. The minimum Gasteiger partial charge on any atom is -0.503 e. The van der Waals surface area contributed by atoms with Crippen LogP contribution in [0.5, 0.6) is 5.75 Å². The number of aromatic nitrogens is 2. The third kappa shape index (κ3) is 2.61. The monoisotopic (exact) mass is 393 g/mol. The fraction of sp³-hybridized carbons (Fsp3) is 0.150. The molecule has 4 heterocycles. The molecule has 5 rings (SSSR count). The number of amides is 1. The summed E-state index contributed by atoms with van der Waals surface area (Å²) in [7, 11) is 0. The van der Waals surface area contributed by atoms with E-state index >= 15 is 0 Å². The number of pyridine rings is 1. The highest BCUT2D eigenvalue weighted by molar-refractivity contribution is 7.13. The second kappa shape index (κ2) is 6.35. The van der Waals surface area contributed by atoms with Crippen molar-refractivity contribution in [2.75, 3.05) is 6.54 Å². The molecule has 7 nitrogen and oxygen atoms in total. The van der Waals surface area contributed by atoms with Gasteiger partial charge in [0.25, 0.3) is 5.91 Å². The number of fused-ring (bicyclic) bond motifs is 2. The first-order valence-corrected chi connectivity index (χ1v) is 9.63. The maximum Gasteiger partial charge on any atom is 0.274 e. The number of benzene rings is 1. The number of para-hydroxylation sites is 1. The van der Waals surface area contributed by atoms with Crippen LogP contribution in [-0.4, -0.2) is 32.0 Å². The van der Waals surface area contributed by atoms with Gasteiger partial charge >= 0.3 is 0 Å². The van der Waals surface area contributed by atoms with Crippen molar-refractivity contribution in [1.82, 2.24) is 14.5 Å². The molecule has 1 N–H and O–H groups in total. The highest BCUT2D eigenvalue weighted by Gasteiger charge is 2.30. The summed E-state index contributed by atoms with van der Waals surface area (Å²) in [5, 5.41) is 13.7. The molecule has 28 heavy (non-hydrogen) atoms. The van der Waals surface area contributed by atoms with Gasteiger partial charge in [0.1, 0.15) is 16.4 Å². The summed E-state index contributed by atoms with van der Waals surface area (Å²) in [5.74, 6) is -0.275. The summed E-state index contributed by atoms with van der Waals surface area (Å²) in [6.45, 7) is 1.19. The number of hydrogen-bond donors (Lipinski definition) is 1. The molecule has 0 saturated heterocycles. The van der Waals surface area contributed by atoms with Crippen molar-refractivity contribution in [3.05, 3.63) is 69.8 Å². The Morgan fingerprint density at radius 2 is 2.07 bits per heavy atom. The highest BCUT2D eigenvalue weighted by Crippen LogP contribution is 2.27. The van der Waals surface area contributed by atoms with Crippen LogP contribution in [0.2, 0.25) is 0 Å². The molecule has 0 unspecified atom stereocenters. The van der Waals surface area contributed by atoms with Crippen LogP contribution in [-0.2, 0) is 13.1 Å². The Kier molecular flexibility index (Phi) is 3.80. The van der Waals surface area contributed by atoms with Crippen LogP contribution < -0.4 is 5.43 Å². The van der Waals surface area contributed by atoms with E-state index in [2.05, 4.69) is 4.98 Å². The fourth-order valence-corrected chi connectivity index (χ4v) is 4.14. The van der Waals surface area contributed by atoms with Crippen molar-refractivity contribution >= 4 is 28.2 Å². The second-order valence-corrected chi connectivity index (χ2v) is 7.47. The van der Waals surface area contributed by atoms with E-state index in [0.29, 0.717) is 29.4 Å². The molecule has 0 aliphatic carbocycles. The largest absolute Gasteiger partial charge is 0.503 e. The van der Waals surface area contributed by atoms with Crippen LogP contribution >= 0.6 is 11.3 Å². The van der Waals surface area contributed by atoms with Gasteiger partial charge in [0.15, 0.2) is 11.4 Å². The third-order valence-corrected chi connectivity index (χ3v) is 5.65. The average molecular weight is 393 g/mol. The summed E-state index contributed by atoms with van der Waals surface area (Å²) >= 11 is 1.31. The van der Waals surface area contributed by atoms with E-state index in [4.69, 9.17) is 4.42 Å². The predicted octanol–water partition coefficient (Wildman–Crippen LogP) is 3.08. The average Bonchev–Trinajstić information content (AvgIpc) is 3.36. The maximum atomic E-state index is 13.0. The molecule has 1 aliphatic heterocycles. The lowest BCUT2D eigenvalue weighted by molar-refractivity contribution is 0.0671. The summed E-state index contributed by atoms with van der Waals surface area (Å²) in [4.78, 5) is 31.3. The molecular formula is C20H15N3O4S. The first kappa shape index (κ1) is 16.8. The van der Waals surface area contributed by atoms with Crippen molar-refractivity contribution in [1.29, 1.82) is 0 Å². The minimum atomic E-state index is -0.583. The zero-order valence-corrected chi connectivity index (χ0v) is 15.5. The van der Waals surface area contributed by atoms with Crippen LogP contribution in [0.25, 0.3) is 21.5 Å². The van der Waals surface area contributed by atoms with Gasteiger partial charge in [0, 0.05) is 36.2 Å². The standard InChI is InChI=1S/C20H15N3O4S/c24-17-14(19-21-5-8-28-19)11-22-6-7-23(20(26)16(22)18(17)25)10-13-9-12-3-1-2-4-15(12)27-13/h1-5,8-9,11,25H,6-7,10H2. The molecule has 0 radical (unpaired) electrons. The van der Waals surface area contributed by atoms with Crippen LogP contribution in [0.15, 0.2) is 57.3 Å². The van der Waals surface area contributed by atoms with E-state index in [0.717, 1.165) is 11.0 Å².